The third-order valence-corrected chi connectivity index (χ3v) is 2.85. The molecule has 0 saturated heterocycles. The molecule has 0 radical (unpaired) electrons. The van der Waals surface area contributed by atoms with Crippen molar-refractivity contribution in [2.45, 2.75) is 0 Å². The number of hydrogen-bond acceptors (Lipinski definition) is 5. The lowest BCUT2D eigenvalue weighted by molar-refractivity contribution is -0.384. The van der Waals surface area contributed by atoms with Crippen LogP contribution < -0.4 is 10.6 Å². The summed E-state index contributed by atoms with van der Waals surface area (Å²) in [5.74, 6) is -0.606. The number of halogens is 1. The highest BCUT2D eigenvalue weighted by Crippen LogP contribution is 2.27. The normalized spacial score (nSPS) is 10.3. The molecule has 2 amide bonds. The Bertz CT molecular complexity index is 564. The minimum Gasteiger partial charge on any atom is -0.358 e. The van der Waals surface area contributed by atoms with Gasteiger partial charge in [-0.2, -0.15) is 0 Å². The fraction of sp³-hybridized carbons (Fsp3) is 0.333. The SMILES string of the molecule is CNC(=O)CN(C)CC(=O)Nc1ccc(Cl)c([N+](=O)[O-])c1. The first-order valence-electron chi connectivity index (χ1n) is 5.96. The number of nitrogens with zero attached hydrogens (tertiary/aromatic N) is 2. The smallest absolute Gasteiger partial charge is 0.289 e. The number of nitro groups is 1. The second-order valence-electron chi connectivity index (χ2n) is 4.32. The summed E-state index contributed by atoms with van der Waals surface area (Å²) in [5.41, 5.74) is -0.0161. The number of amides is 2. The number of carbonyl (C=O) groups excluding carboxylic acids is 2. The van der Waals surface area contributed by atoms with Crippen molar-refractivity contribution >= 4 is 34.8 Å². The van der Waals surface area contributed by atoms with Gasteiger partial charge in [-0.25, -0.2) is 0 Å². The van der Waals surface area contributed by atoms with Gasteiger partial charge in [0.05, 0.1) is 18.0 Å². The van der Waals surface area contributed by atoms with Crippen LogP contribution in [0.1, 0.15) is 0 Å². The molecule has 8 nitrogen and oxygen atoms in total. The molecule has 0 atom stereocenters. The quantitative estimate of drug-likeness (QED) is 0.598. The first-order valence-corrected chi connectivity index (χ1v) is 6.34. The summed E-state index contributed by atoms with van der Waals surface area (Å²) in [5, 5.41) is 15.7. The Morgan fingerprint density at radius 2 is 1.95 bits per heavy atom. The minimum atomic E-state index is -0.629. The summed E-state index contributed by atoms with van der Waals surface area (Å²) in [6.45, 7) is 0.0501. The molecule has 114 valence electrons. The number of rotatable bonds is 6. The molecule has 0 saturated carbocycles. The van der Waals surface area contributed by atoms with E-state index < -0.39 is 10.8 Å². The van der Waals surface area contributed by atoms with Gasteiger partial charge in [0, 0.05) is 18.8 Å². The van der Waals surface area contributed by atoms with E-state index in [0.717, 1.165) is 0 Å². The first-order chi connectivity index (χ1) is 9.83. The van der Waals surface area contributed by atoms with Crippen molar-refractivity contribution in [3.05, 3.63) is 33.3 Å². The molecular weight excluding hydrogens is 300 g/mol. The highest BCUT2D eigenvalue weighted by Gasteiger charge is 2.15. The Balaban J connectivity index is 2.65. The van der Waals surface area contributed by atoms with E-state index >= 15 is 0 Å². The molecule has 0 unspecified atom stereocenters. The predicted octanol–water partition coefficient (Wildman–Crippen LogP) is 0.865. The second kappa shape index (κ2) is 7.55. The molecule has 0 aromatic heterocycles. The van der Waals surface area contributed by atoms with Crippen molar-refractivity contribution in [1.82, 2.24) is 10.2 Å². The van der Waals surface area contributed by atoms with E-state index in [1.165, 1.54) is 30.1 Å². The van der Waals surface area contributed by atoms with Gasteiger partial charge in [0.15, 0.2) is 0 Å². The van der Waals surface area contributed by atoms with E-state index in [9.17, 15) is 19.7 Å². The molecule has 1 rings (SSSR count). The highest BCUT2D eigenvalue weighted by molar-refractivity contribution is 6.32. The van der Waals surface area contributed by atoms with Gasteiger partial charge in [-0.15, -0.1) is 0 Å². The van der Waals surface area contributed by atoms with E-state index in [1.807, 2.05) is 0 Å². The van der Waals surface area contributed by atoms with Gasteiger partial charge in [-0.3, -0.25) is 24.6 Å². The van der Waals surface area contributed by atoms with E-state index in [4.69, 9.17) is 11.6 Å². The van der Waals surface area contributed by atoms with Crippen molar-refractivity contribution in [3.8, 4) is 0 Å². The molecule has 2 N–H and O–H groups in total. The van der Waals surface area contributed by atoms with Gasteiger partial charge in [0.2, 0.25) is 11.8 Å². The molecule has 0 aliphatic rings. The molecule has 1 aromatic carbocycles. The second-order valence-corrected chi connectivity index (χ2v) is 4.72. The van der Waals surface area contributed by atoms with E-state index in [1.54, 1.807) is 7.05 Å². The maximum absolute atomic E-state index is 11.8. The zero-order valence-electron chi connectivity index (χ0n) is 11.6. The van der Waals surface area contributed by atoms with Gasteiger partial charge in [0.25, 0.3) is 5.69 Å². The Kier molecular flexibility index (Phi) is 6.07. The van der Waals surface area contributed by atoms with Crippen LogP contribution in [0.25, 0.3) is 0 Å². The number of anilines is 1. The van der Waals surface area contributed by atoms with Crippen molar-refractivity contribution in [1.29, 1.82) is 0 Å². The molecule has 0 aliphatic carbocycles. The zero-order valence-corrected chi connectivity index (χ0v) is 12.3. The van der Waals surface area contributed by atoms with Crippen LogP contribution in [0.3, 0.4) is 0 Å². The van der Waals surface area contributed by atoms with Crippen LogP contribution in [-0.2, 0) is 9.59 Å². The van der Waals surface area contributed by atoms with Crippen LogP contribution in [0.2, 0.25) is 5.02 Å². The number of likely N-dealkylation sites (N-methyl/N-ethyl adjacent to an activating group) is 2. The number of carbonyl (C=O) groups is 2. The standard InChI is InChI=1S/C12H15ClN4O4/c1-14-11(18)6-16(2)7-12(19)15-8-3-4-9(13)10(5-8)17(20)21/h3-5H,6-7H2,1-2H3,(H,14,18)(H,15,19). The van der Waals surface area contributed by atoms with Crippen LogP contribution in [0.15, 0.2) is 18.2 Å². The van der Waals surface area contributed by atoms with E-state index in [0.29, 0.717) is 0 Å². The molecule has 9 heteroatoms. The van der Waals surface area contributed by atoms with Gasteiger partial charge in [-0.05, 0) is 19.2 Å². The van der Waals surface area contributed by atoms with Crippen molar-refractivity contribution in [3.63, 3.8) is 0 Å². The lowest BCUT2D eigenvalue weighted by Gasteiger charge is -2.15. The van der Waals surface area contributed by atoms with Crippen LogP contribution in [0, 0.1) is 10.1 Å². The third-order valence-electron chi connectivity index (χ3n) is 2.53. The van der Waals surface area contributed by atoms with Crippen molar-refractivity contribution < 1.29 is 14.5 Å². The van der Waals surface area contributed by atoms with Crippen LogP contribution in [0.5, 0.6) is 0 Å². The Hall–Kier alpha value is -2.19. The molecule has 0 aliphatic heterocycles. The average molecular weight is 315 g/mol. The molecule has 0 heterocycles. The summed E-state index contributed by atoms with van der Waals surface area (Å²) < 4.78 is 0. The fourth-order valence-corrected chi connectivity index (χ4v) is 1.74. The fourth-order valence-electron chi connectivity index (χ4n) is 1.56. The summed E-state index contributed by atoms with van der Waals surface area (Å²) in [6, 6.07) is 3.98. The zero-order chi connectivity index (χ0) is 16.0. The Morgan fingerprint density at radius 3 is 2.52 bits per heavy atom. The van der Waals surface area contributed by atoms with E-state index in [-0.39, 0.29) is 35.4 Å². The Morgan fingerprint density at radius 1 is 1.33 bits per heavy atom. The first kappa shape index (κ1) is 16.9. The third kappa shape index (κ3) is 5.36. The number of nitro benzene ring substituents is 1. The molecule has 0 fully saturated rings. The van der Waals surface area contributed by atoms with Crippen molar-refractivity contribution in [2.75, 3.05) is 32.5 Å². The minimum absolute atomic E-state index is 0.00488. The van der Waals surface area contributed by atoms with Gasteiger partial charge < -0.3 is 10.6 Å². The molecule has 0 spiro atoms. The van der Waals surface area contributed by atoms with Crippen LogP contribution in [0.4, 0.5) is 11.4 Å². The van der Waals surface area contributed by atoms with Crippen molar-refractivity contribution in [2.24, 2.45) is 0 Å². The Labute approximate surface area is 126 Å². The van der Waals surface area contributed by atoms with Gasteiger partial charge >= 0.3 is 0 Å². The van der Waals surface area contributed by atoms with Crippen LogP contribution >= 0.6 is 11.6 Å². The maximum atomic E-state index is 11.8. The summed E-state index contributed by atoms with van der Waals surface area (Å²) >= 11 is 5.68. The molecule has 0 bridgehead atoms. The number of nitrogens with one attached hydrogen (secondary N) is 2. The average Bonchev–Trinajstić information content (AvgIpc) is 2.40. The summed E-state index contributed by atoms with van der Waals surface area (Å²) in [6.07, 6.45) is 0. The topological polar surface area (TPSA) is 105 Å². The van der Waals surface area contributed by atoms with Gasteiger partial charge in [0.1, 0.15) is 5.02 Å². The lowest BCUT2D eigenvalue weighted by Crippen LogP contribution is -2.37. The molecule has 1 aromatic rings. The number of benzene rings is 1. The summed E-state index contributed by atoms with van der Waals surface area (Å²) in [4.78, 5) is 34.5. The largest absolute Gasteiger partial charge is 0.358 e. The summed E-state index contributed by atoms with van der Waals surface area (Å²) in [7, 11) is 3.11. The maximum Gasteiger partial charge on any atom is 0.289 e. The highest BCUT2D eigenvalue weighted by atomic mass is 35.5. The predicted molar refractivity (Wildman–Crippen MR) is 78.3 cm³/mol. The molecule has 21 heavy (non-hydrogen) atoms. The monoisotopic (exact) mass is 314 g/mol. The van der Waals surface area contributed by atoms with Gasteiger partial charge in [-0.1, -0.05) is 11.6 Å². The lowest BCUT2D eigenvalue weighted by atomic mass is 10.2. The number of hydrogen-bond donors (Lipinski definition) is 2. The van der Waals surface area contributed by atoms with E-state index in [2.05, 4.69) is 10.6 Å². The van der Waals surface area contributed by atoms with Crippen LogP contribution in [-0.4, -0.2) is 48.8 Å². The molecular formula is C12H15ClN4O4.